The Morgan fingerprint density at radius 2 is 1.02 bits per heavy atom. The smallest absolute Gasteiger partial charge is 0.263 e. The van der Waals surface area contributed by atoms with Crippen molar-refractivity contribution in [2.75, 3.05) is 0 Å². The lowest BCUT2D eigenvalue weighted by atomic mass is 9.91. The average molecular weight is 769 g/mol. The summed E-state index contributed by atoms with van der Waals surface area (Å²) in [6.45, 7) is 8.02. The molecule has 4 heteroatoms. The minimum atomic E-state index is -0.0717. The number of benzene rings is 9. The van der Waals surface area contributed by atoms with Crippen molar-refractivity contribution in [2.45, 2.75) is 0 Å². The van der Waals surface area contributed by atoms with Crippen LogP contribution in [0.2, 0.25) is 0 Å². The first-order valence-electron chi connectivity index (χ1n) is 19.9. The molecule has 3 nitrogen and oxygen atoms in total. The molecule has 0 N–H and O–H groups in total. The van der Waals surface area contributed by atoms with Gasteiger partial charge >= 0.3 is 0 Å². The van der Waals surface area contributed by atoms with Gasteiger partial charge in [-0.2, -0.15) is 0 Å². The van der Waals surface area contributed by atoms with Crippen LogP contribution in [0.3, 0.4) is 0 Å². The highest BCUT2D eigenvalue weighted by molar-refractivity contribution is 7.25. The molecule has 0 aliphatic heterocycles. The van der Waals surface area contributed by atoms with Crippen LogP contribution in [0.4, 0.5) is 0 Å². The fraction of sp³-hybridized carbons (Fsp3) is 0. The number of para-hydroxylation sites is 2. The highest BCUT2D eigenvalue weighted by atomic mass is 32.1. The summed E-state index contributed by atoms with van der Waals surface area (Å²) in [5.74, 6) is 0. The normalized spacial score (nSPS) is 12.3. The second-order valence-corrected chi connectivity index (χ2v) is 16.7. The molecule has 0 aliphatic rings. The van der Waals surface area contributed by atoms with Gasteiger partial charge in [-0.3, -0.25) is 9.20 Å². The van der Waals surface area contributed by atoms with E-state index in [1.165, 1.54) is 74.3 Å². The van der Waals surface area contributed by atoms with Gasteiger partial charge < -0.3 is 4.57 Å². The van der Waals surface area contributed by atoms with E-state index in [9.17, 15) is 4.79 Å². The number of hydrogen-bond donors (Lipinski definition) is 0. The molecule has 0 atom stereocenters. The van der Waals surface area contributed by atoms with E-state index in [-0.39, 0.29) is 5.56 Å². The minimum absolute atomic E-state index is 0.0717. The predicted octanol–water partition coefficient (Wildman–Crippen LogP) is 14.9. The highest BCUT2D eigenvalue weighted by Gasteiger charge is 2.20. The SMILES string of the molecule is C=Cc1c(C=C)c2cccc3c4cc(-c5ccc6c7ccccc7c7ccc(-n8c9ccccc9c9cc%10sc%11ccccc%11c%10cc98)cc7c6c5)ccc4n(c1=O)c23. The van der Waals surface area contributed by atoms with Gasteiger partial charge in [-0.15, -0.1) is 11.3 Å². The minimum Gasteiger partial charge on any atom is -0.309 e. The molecule has 0 amide bonds. The summed E-state index contributed by atoms with van der Waals surface area (Å²) in [4.78, 5) is 14.0. The van der Waals surface area contributed by atoms with Crippen molar-refractivity contribution in [1.82, 2.24) is 8.97 Å². The maximum atomic E-state index is 14.0. The van der Waals surface area contributed by atoms with Crippen molar-refractivity contribution in [3.8, 4) is 16.8 Å². The number of thiophene rings is 1. The lowest BCUT2D eigenvalue weighted by Crippen LogP contribution is -2.17. The Hall–Kier alpha value is -7.53. The molecule has 9 aromatic carbocycles. The van der Waals surface area contributed by atoms with Crippen LogP contribution in [0.25, 0.3) is 130 Å². The average Bonchev–Trinajstić information content (AvgIpc) is 3.94. The van der Waals surface area contributed by atoms with Gasteiger partial charge in [0, 0.05) is 58.4 Å². The lowest BCUT2D eigenvalue weighted by molar-refractivity contribution is 1.17. The largest absolute Gasteiger partial charge is 0.309 e. The first kappa shape index (κ1) is 32.5. The molecular weight excluding hydrogens is 737 g/mol. The van der Waals surface area contributed by atoms with E-state index < -0.39 is 0 Å². The van der Waals surface area contributed by atoms with Crippen molar-refractivity contribution in [1.29, 1.82) is 0 Å². The summed E-state index contributed by atoms with van der Waals surface area (Å²) >= 11 is 1.87. The van der Waals surface area contributed by atoms with Crippen LogP contribution in [0.15, 0.2) is 176 Å². The topological polar surface area (TPSA) is 26.4 Å². The third-order valence-electron chi connectivity index (χ3n) is 12.8. The molecule has 0 saturated heterocycles. The Balaban J connectivity index is 1.08. The second-order valence-electron chi connectivity index (χ2n) is 15.7. The van der Waals surface area contributed by atoms with Gasteiger partial charge in [0.1, 0.15) is 0 Å². The van der Waals surface area contributed by atoms with Crippen molar-refractivity contribution in [2.24, 2.45) is 0 Å². The molecule has 4 heterocycles. The third-order valence-corrected chi connectivity index (χ3v) is 13.9. The van der Waals surface area contributed by atoms with E-state index in [1.807, 2.05) is 15.7 Å². The fourth-order valence-corrected chi connectivity index (χ4v) is 11.3. The zero-order valence-corrected chi connectivity index (χ0v) is 32.6. The van der Waals surface area contributed by atoms with Crippen LogP contribution in [-0.4, -0.2) is 8.97 Å². The van der Waals surface area contributed by atoms with E-state index in [0.29, 0.717) is 5.56 Å². The molecule has 274 valence electrons. The summed E-state index contributed by atoms with van der Waals surface area (Å²) in [6.07, 6.45) is 3.43. The molecule has 13 rings (SSSR count). The number of nitrogens with zero attached hydrogens (tertiary/aromatic N) is 2. The van der Waals surface area contributed by atoms with E-state index in [2.05, 4.69) is 175 Å². The summed E-state index contributed by atoms with van der Waals surface area (Å²) in [6, 6.07) is 57.8. The summed E-state index contributed by atoms with van der Waals surface area (Å²) in [7, 11) is 0. The number of fused-ring (bicyclic) bond motifs is 15. The Morgan fingerprint density at radius 3 is 1.81 bits per heavy atom. The van der Waals surface area contributed by atoms with Gasteiger partial charge in [-0.25, -0.2) is 0 Å². The van der Waals surface area contributed by atoms with E-state index in [1.54, 1.807) is 12.2 Å². The van der Waals surface area contributed by atoms with Crippen LogP contribution in [0.1, 0.15) is 11.1 Å². The summed E-state index contributed by atoms with van der Waals surface area (Å²) in [5, 5.41) is 15.6. The summed E-state index contributed by atoms with van der Waals surface area (Å²) in [5.41, 5.74) is 8.91. The predicted molar refractivity (Wildman–Crippen MR) is 255 cm³/mol. The second kappa shape index (κ2) is 11.8. The van der Waals surface area contributed by atoms with E-state index in [0.717, 1.165) is 49.6 Å². The maximum Gasteiger partial charge on any atom is 0.263 e. The number of hydrogen-bond acceptors (Lipinski definition) is 2. The zero-order chi connectivity index (χ0) is 39.1. The van der Waals surface area contributed by atoms with Gasteiger partial charge in [0.2, 0.25) is 0 Å². The van der Waals surface area contributed by atoms with Crippen molar-refractivity contribution < 1.29 is 0 Å². The number of aromatic nitrogens is 2. The molecule has 0 radical (unpaired) electrons. The zero-order valence-electron chi connectivity index (χ0n) is 31.8. The van der Waals surface area contributed by atoms with Crippen LogP contribution >= 0.6 is 11.3 Å². The van der Waals surface area contributed by atoms with E-state index in [4.69, 9.17) is 0 Å². The Kier molecular flexibility index (Phi) is 6.49. The first-order chi connectivity index (χ1) is 29.1. The first-order valence-corrected chi connectivity index (χ1v) is 20.8. The van der Waals surface area contributed by atoms with Gasteiger partial charge in [0.15, 0.2) is 0 Å². The molecule has 0 saturated carbocycles. The van der Waals surface area contributed by atoms with Gasteiger partial charge in [0.05, 0.1) is 22.1 Å². The number of rotatable bonds is 4. The molecule has 0 bridgehead atoms. The van der Waals surface area contributed by atoms with Gasteiger partial charge in [-0.05, 0) is 104 Å². The lowest BCUT2D eigenvalue weighted by Gasteiger charge is -2.15. The van der Waals surface area contributed by atoms with Crippen molar-refractivity contribution in [3.05, 3.63) is 192 Å². The Bertz CT molecular complexity index is 4080. The molecule has 59 heavy (non-hydrogen) atoms. The number of pyridine rings is 1. The van der Waals surface area contributed by atoms with E-state index >= 15 is 0 Å². The molecule has 0 fully saturated rings. The van der Waals surface area contributed by atoms with Crippen LogP contribution in [-0.2, 0) is 0 Å². The monoisotopic (exact) mass is 768 g/mol. The Labute approximate surface area is 341 Å². The van der Waals surface area contributed by atoms with Gasteiger partial charge in [-0.1, -0.05) is 128 Å². The fourth-order valence-electron chi connectivity index (χ4n) is 10.2. The third kappa shape index (κ3) is 4.28. The van der Waals surface area contributed by atoms with Crippen LogP contribution in [0.5, 0.6) is 0 Å². The molecule has 0 aliphatic carbocycles. The molecule has 13 aromatic rings. The Morgan fingerprint density at radius 1 is 0.407 bits per heavy atom. The maximum absolute atomic E-state index is 14.0. The highest BCUT2D eigenvalue weighted by Crippen LogP contribution is 2.43. The molecule has 4 aromatic heterocycles. The molecular formula is C55H32N2OS. The summed E-state index contributed by atoms with van der Waals surface area (Å²) < 4.78 is 6.94. The van der Waals surface area contributed by atoms with Crippen LogP contribution in [0, 0.1) is 0 Å². The van der Waals surface area contributed by atoms with Crippen LogP contribution < -0.4 is 5.56 Å². The van der Waals surface area contributed by atoms with Crippen molar-refractivity contribution >= 4 is 125 Å². The molecule has 0 unspecified atom stereocenters. The quantitative estimate of drug-likeness (QED) is 0.164. The molecule has 0 spiro atoms. The van der Waals surface area contributed by atoms with Gasteiger partial charge in [0.25, 0.3) is 5.56 Å². The van der Waals surface area contributed by atoms with Crippen molar-refractivity contribution in [3.63, 3.8) is 0 Å². The standard InChI is InChI=1S/C55H32N2OS/c1-3-34-35(4-2)55(58)57-50-25-21-32(27-46(50)43-17-11-16-42(34)54(43)57)31-20-23-38-36-12-5-6-13-37(36)39-24-22-33(28-45(39)44(38)26-31)56-49-18-9-7-14-40(49)47-30-53-48(29-51(47)56)41-15-8-10-19-52(41)59-53/h3-30H,1-2H2.